The maximum absolute atomic E-state index is 13.0. The molecule has 0 aliphatic carbocycles. The van der Waals surface area contributed by atoms with Crippen LogP contribution in [0.25, 0.3) is 0 Å². The average Bonchev–Trinajstić information content (AvgIpc) is 2.75. The molecule has 0 saturated carbocycles. The van der Waals surface area contributed by atoms with Crippen LogP contribution in [0.3, 0.4) is 0 Å². The van der Waals surface area contributed by atoms with Gasteiger partial charge in [0.05, 0.1) is 7.11 Å². The SMILES string of the molecule is CCCCNC(=O)C(C)N(Cc1cccc(Br)c1)C(=O)COc1ccc(OC)cc1. The topological polar surface area (TPSA) is 67.9 Å². The molecular formula is C23H29BrN2O4. The fourth-order valence-electron chi connectivity index (χ4n) is 2.85. The summed E-state index contributed by atoms with van der Waals surface area (Å²) in [5, 5.41) is 2.91. The molecule has 0 bridgehead atoms. The van der Waals surface area contributed by atoms with Crippen LogP contribution < -0.4 is 14.8 Å². The predicted molar refractivity (Wildman–Crippen MR) is 121 cm³/mol. The van der Waals surface area contributed by atoms with Gasteiger partial charge >= 0.3 is 0 Å². The number of nitrogens with zero attached hydrogens (tertiary/aromatic N) is 1. The zero-order valence-electron chi connectivity index (χ0n) is 17.7. The van der Waals surface area contributed by atoms with E-state index in [0.29, 0.717) is 24.6 Å². The van der Waals surface area contributed by atoms with Crippen molar-refractivity contribution in [3.8, 4) is 11.5 Å². The van der Waals surface area contributed by atoms with Crippen LogP contribution in [0.2, 0.25) is 0 Å². The molecule has 1 N–H and O–H groups in total. The van der Waals surface area contributed by atoms with E-state index in [9.17, 15) is 9.59 Å². The first-order valence-corrected chi connectivity index (χ1v) is 10.8. The second-order valence-corrected chi connectivity index (χ2v) is 7.85. The molecule has 0 radical (unpaired) electrons. The summed E-state index contributed by atoms with van der Waals surface area (Å²) >= 11 is 3.45. The Morgan fingerprint density at radius 2 is 1.83 bits per heavy atom. The van der Waals surface area contributed by atoms with E-state index in [1.54, 1.807) is 43.2 Å². The van der Waals surface area contributed by atoms with E-state index in [1.165, 1.54) is 0 Å². The second-order valence-electron chi connectivity index (χ2n) is 6.94. The minimum Gasteiger partial charge on any atom is -0.497 e. The van der Waals surface area contributed by atoms with Crippen LogP contribution in [0.4, 0.5) is 0 Å². The summed E-state index contributed by atoms with van der Waals surface area (Å²) in [7, 11) is 1.59. The zero-order valence-corrected chi connectivity index (χ0v) is 19.3. The minimum atomic E-state index is -0.618. The van der Waals surface area contributed by atoms with Crippen LogP contribution in [0.1, 0.15) is 32.3 Å². The van der Waals surface area contributed by atoms with E-state index in [2.05, 4.69) is 28.2 Å². The van der Waals surface area contributed by atoms with Gasteiger partial charge in [-0.3, -0.25) is 9.59 Å². The number of rotatable bonds is 11. The molecule has 6 nitrogen and oxygen atoms in total. The number of amides is 2. The number of unbranched alkanes of at least 4 members (excludes halogenated alkanes) is 1. The zero-order chi connectivity index (χ0) is 21.9. The van der Waals surface area contributed by atoms with Crippen LogP contribution in [0, 0.1) is 0 Å². The van der Waals surface area contributed by atoms with Gasteiger partial charge in [0.1, 0.15) is 17.5 Å². The van der Waals surface area contributed by atoms with Crippen molar-refractivity contribution in [2.45, 2.75) is 39.3 Å². The van der Waals surface area contributed by atoms with Crippen LogP contribution >= 0.6 is 15.9 Å². The molecule has 1 atom stereocenters. The first-order valence-electron chi connectivity index (χ1n) is 10.0. The van der Waals surface area contributed by atoms with Gasteiger partial charge in [0.2, 0.25) is 5.91 Å². The highest BCUT2D eigenvalue weighted by molar-refractivity contribution is 9.10. The second kappa shape index (κ2) is 12.2. The first kappa shape index (κ1) is 23.7. The Balaban J connectivity index is 2.09. The molecule has 2 aromatic carbocycles. The van der Waals surface area contributed by atoms with Crippen LogP contribution in [-0.2, 0) is 16.1 Å². The first-order chi connectivity index (χ1) is 14.4. The summed E-state index contributed by atoms with van der Waals surface area (Å²) in [6.07, 6.45) is 1.89. The molecule has 0 aromatic heterocycles. The van der Waals surface area contributed by atoms with Crippen LogP contribution in [0.15, 0.2) is 53.0 Å². The Morgan fingerprint density at radius 1 is 1.13 bits per heavy atom. The summed E-state index contributed by atoms with van der Waals surface area (Å²) in [5.74, 6) is 0.842. The molecule has 0 heterocycles. The van der Waals surface area contributed by atoms with Crippen molar-refractivity contribution in [3.05, 3.63) is 58.6 Å². The highest BCUT2D eigenvalue weighted by Gasteiger charge is 2.26. The molecule has 30 heavy (non-hydrogen) atoms. The molecule has 2 rings (SSSR count). The van der Waals surface area contributed by atoms with Gasteiger partial charge in [0.15, 0.2) is 6.61 Å². The van der Waals surface area contributed by atoms with Crippen molar-refractivity contribution in [2.75, 3.05) is 20.3 Å². The normalized spacial score (nSPS) is 11.5. The number of ether oxygens (including phenoxy) is 2. The van der Waals surface area contributed by atoms with E-state index in [1.807, 2.05) is 24.3 Å². The van der Waals surface area contributed by atoms with Gasteiger partial charge < -0.3 is 19.7 Å². The van der Waals surface area contributed by atoms with Gasteiger partial charge in [-0.15, -0.1) is 0 Å². The fourth-order valence-corrected chi connectivity index (χ4v) is 3.30. The largest absolute Gasteiger partial charge is 0.497 e. The Labute approximate surface area is 186 Å². The summed E-state index contributed by atoms with van der Waals surface area (Å²) in [5.41, 5.74) is 0.926. The molecule has 0 aliphatic rings. The lowest BCUT2D eigenvalue weighted by atomic mass is 10.1. The van der Waals surface area contributed by atoms with E-state index >= 15 is 0 Å². The highest BCUT2D eigenvalue weighted by atomic mass is 79.9. The van der Waals surface area contributed by atoms with Gasteiger partial charge in [-0.05, 0) is 55.3 Å². The van der Waals surface area contributed by atoms with Crippen molar-refractivity contribution in [1.82, 2.24) is 10.2 Å². The van der Waals surface area contributed by atoms with E-state index in [0.717, 1.165) is 22.9 Å². The molecule has 7 heteroatoms. The molecule has 162 valence electrons. The Kier molecular flexibility index (Phi) is 9.67. The van der Waals surface area contributed by atoms with E-state index in [4.69, 9.17) is 9.47 Å². The van der Waals surface area contributed by atoms with Gasteiger partial charge in [0.25, 0.3) is 5.91 Å². The van der Waals surface area contributed by atoms with Crippen molar-refractivity contribution >= 4 is 27.7 Å². The number of halogens is 1. The smallest absolute Gasteiger partial charge is 0.261 e. The summed E-state index contributed by atoms with van der Waals surface area (Å²) in [6, 6.07) is 14.1. The Hall–Kier alpha value is -2.54. The van der Waals surface area contributed by atoms with E-state index in [-0.39, 0.29) is 18.4 Å². The van der Waals surface area contributed by atoms with Gasteiger partial charge in [-0.25, -0.2) is 0 Å². The Bertz CT molecular complexity index is 826. The number of carbonyl (C=O) groups excluding carboxylic acids is 2. The molecule has 0 saturated heterocycles. The number of nitrogens with one attached hydrogen (secondary N) is 1. The maximum Gasteiger partial charge on any atom is 0.261 e. The van der Waals surface area contributed by atoms with Crippen molar-refractivity contribution in [2.24, 2.45) is 0 Å². The third-order valence-corrected chi connectivity index (χ3v) is 5.15. The number of hydrogen-bond donors (Lipinski definition) is 1. The quantitative estimate of drug-likeness (QED) is 0.494. The monoisotopic (exact) mass is 476 g/mol. The number of methoxy groups -OCH3 is 1. The standard InChI is InChI=1S/C23H29BrN2O4/c1-4-5-13-25-23(28)17(2)26(15-18-7-6-8-19(24)14-18)22(27)16-30-21-11-9-20(29-3)10-12-21/h6-12,14,17H,4-5,13,15-16H2,1-3H3,(H,25,28). The molecule has 0 spiro atoms. The predicted octanol–water partition coefficient (Wildman–Crippen LogP) is 4.17. The average molecular weight is 477 g/mol. The van der Waals surface area contributed by atoms with Gasteiger partial charge in [0, 0.05) is 17.6 Å². The summed E-state index contributed by atoms with van der Waals surface area (Å²) in [6.45, 7) is 4.56. The molecule has 0 fully saturated rings. The summed E-state index contributed by atoms with van der Waals surface area (Å²) in [4.78, 5) is 27.1. The number of hydrogen-bond acceptors (Lipinski definition) is 4. The van der Waals surface area contributed by atoms with Crippen molar-refractivity contribution in [1.29, 1.82) is 0 Å². The number of carbonyl (C=O) groups is 2. The minimum absolute atomic E-state index is 0.160. The van der Waals surface area contributed by atoms with Gasteiger partial charge in [-0.2, -0.15) is 0 Å². The lowest BCUT2D eigenvalue weighted by Crippen LogP contribution is -2.49. The van der Waals surface area contributed by atoms with Crippen LogP contribution in [0.5, 0.6) is 11.5 Å². The Morgan fingerprint density at radius 3 is 2.47 bits per heavy atom. The third-order valence-electron chi connectivity index (χ3n) is 4.66. The lowest BCUT2D eigenvalue weighted by molar-refractivity contribution is -0.142. The molecule has 2 aromatic rings. The van der Waals surface area contributed by atoms with Gasteiger partial charge in [-0.1, -0.05) is 41.4 Å². The fraction of sp³-hybridized carbons (Fsp3) is 0.391. The van der Waals surface area contributed by atoms with E-state index < -0.39 is 6.04 Å². The summed E-state index contributed by atoms with van der Waals surface area (Å²) < 4.78 is 11.7. The van der Waals surface area contributed by atoms with Crippen molar-refractivity contribution < 1.29 is 19.1 Å². The third kappa shape index (κ3) is 7.37. The van der Waals surface area contributed by atoms with Crippen LogP contribution in [-0.4, -0.2) is 43.0 Å². The molecule has 0 aliphatic heterocycles. The highest BCUT2D eigenvalue weighted by Crippen LogP contribution is 2.18. The maximum atomic E-state index is 13.0. The number of benzene rings is 2. The molecule has 1 unspecified atom stereocenters. The lowest BCUT2D eigenvalue weighted by Gasteiger charge is -2.29. The molecule has 2 amide bonds. The molecular weight excluding hydrogens is 448 g/mol. The van der Waals surface area contributed by atoms with Crippen molar-refractivity contribution in [3.63, 3.8) is 0 Å².